The molecule has 2 aliphatic rings. The number of rotatable bonds is 4. The first-order chi connectivity index (χ1) is 14.6. The lowest BCUT2D eigenvalue weighted by atomic mass is 9.72. The van der Waals surface area contributed by atoms with Crippen molar-refractivity contribution in [1.29, 1.82) is 0 Å². The van der Waals surface area contributed by atoms with Crippen molar-refractivity contribution in [2.45, 2.75) is 46.0 Å². The van der Waals surface area contributed by atoms with Crippen molar-refractivity contribution in [3.63, 3.8) is 0 Å². The molecule has 1 aromatic rings. The number of carbonyl (C=O) groups excluding carboxylic acids is 1. The predicted molar refractivity (Wildman–Crippen MR) is 129 cm³/mol. The zero-order valence-electron chi connectivity index (χ0n) is 18.2. The van der Waals surface area contributed by atoms with Crippen molar-refractivity contribution in [3.05, 3.63) is 76.9 Å². The van der Waals surface area contributed by atoms with Gasteiger partial charge in [0.15, 0.2) is 0 Å². The highest BCUT2D eigenvalue weighted by Gasteiger charge is 2.33. The number of allylic oxidation sites excluding steroid dienone is 7. The van der Waals surface area contributed by atoms with Crippen molar-refractivity contribution in [2.24, 2.45) is 5.92 Å². The highest BCUT2D eigenvalue weighted by molar-refractivity contribution is 9.15. The van der Waals surface area contributed by atoms with Crippen LogP contribution in [0.4, 0.5) is 4.79 Å². The fourth-order valence-corrected chi connectivity index (χ4v) is 5.13. The molecule has 3 rings (SSSR count). The highest BCUT2D eigenvalue weighted by atomic mass is 79.9. The second-order valence-electron chi connectivity index (χ2n) is 7.94. The number of piperidine rings is 1. The Kier molecular flexibility index (Phi) is 8.15. The molecule has 0 aromatic heterocycles. The number of ether oxygens (including phenoxy) is 1. The van der Waals surface area contributed by atoms with Crippen molar-refractivity contribution < 1.29 is 9.53 Å². The van der Waals surface area contributed by atoms with Gasteiger partial charge in [-0.2, -0.15) is 0 Å². The van der Waals surface area contributed by atoms with Crippen LogP contribution in [0.3, 0.4) is 0 Å². The van der Waals surface area contributed by atoms with E-state index in [0.717, 1.165) is 36.8 Å². The number of halogens is 1. The second-order valence-corrected chi connectivity index (χ2v) is 8.79. The maximum absolute atomic E-state index is 12.2. The van der Waals surface area contributed by atoms with E-state index in [0.29, 0.717) is 18.4 Å². The summed E-state index contributed by atoms with van der Waals surface area (Å²) in [6, 6.07) is 8.74. The Morgan fingerprint density at radius 3 is 2.67 bits per heavy atom. The van der Waals surface area contributed by atoms with Crippen LogP contribution >= 0.6 is 15.9 Å². The fourth-order valence-electron chi connectivity index (χ4n) is 4.61. The van der Waals surface area contributed by atoms with E-state index >= 15 is 0 Å². The summed E-state index contributed by atoms with van der Waals surface area (Å²) in [6.07, 6.45) is 13.5. The van der Waals surface area contributed by atoms with E-state index in [1.165, 1.54) is 22.3 Å². The lowest BCUT2D eigenvalue weighted by Gasteiger charge is -2.38. The number of amides is 1. The van der Waals surface area contributed by atoms with Crippen LogP contribution in [0.25, 0.3) is 4.48 Å². The quantitative estimate of drug-likeness (QED) is 0.435. The van der Waals surface area contributed by atoms with Crippen LogP contribution < -0.4 is 0 Å². The molecule has 1 heterocycles. The van der Waals surface area contributed by atoms with Gasteiger partial charge >= 0.3 is 6.09 Å². The summed E-state index contributed by atoms with van der Waals surface area (Å²) < 4.78 is 6.37. The van der Waals surface area contributed by atoms with Crippen LogP contribution in [-0.4, -0.2) is 30.7 Å². The van der Waals surface area contributed by atoms with Crippen LogP contribution in [0.15, 0.2) is 65.8 Å². The standard InChI is InChI=1S/C26H32BrNO2/c1-4-6-7-10-20-13-14-24(27)22-11-8-9-12-23(22)25(19(20)3)21-15-17-28(18-16-21)26(29)30-5-2/h4,6-12,14,21,25H,5,13,15-18H2,1-3H3/b6-4-,10-7-,20-19-,24-14+. The van der Waals surface area contributed by atoms with Gasteiger partial charge in [-0.1, -0.05) is 76.1 Å². The maximum Gasteiger partial charge on any atom is 0.409 e. The lowest BCUT2D eigenvalue weighted by molar-refractivity contribution is 0.0900. The number of carbonyl (C=O) groups is 1. The van der Waals surface area contributed by atoms with Gasteiger partial charge in [0.05, 0.1) is 6.61 Å². The Labute approximate surface area is 189 Å². The SMILES string of the molecule is C\C=C/C=C\C1=C(/C)C(C2CCN(C(=O)OCC)CC2)c2ccccc2/C(Br)=C\C1. The molecule has 4 heteroatoms. The highest BCUT2D eigenvalue weighted by Crippen LogP contribution is 2.45. The summed E-state index contributed by atoms with van der Waals surface area (Å²) >= 11 is 3.83. The molecule has 0 spiro atoms. The average Bonchev–Trinajstić information content (AvgIpc) is 2.76. The molecule has 1 atom stereocenters. The Balaban J connectivity index is 1.96. The van der Waals surface area contributed by atoms with E-state index in [-0.39, 0.29) is 6.09 Å². The molecular weight excluding hydrogens is 438 g/mol. The molecule has 0 N–H and O–H groups in total. The van der Waals surface area contributed by atoms with Gasteiger partial charge in [-0.25, -0.2) is 4.79 Å². The Bertz CT molecular complexity index is 873. The van der Waals surface area contributed by atoms with Crippen LogP contribution in [0, 0.1) is 5.92 Å². The largest absolute Gasteiger partial charge is 0.450 e. The molecule has 1 amide bonds. The Hall–Kier alpha value is -2.07. The monoisotopic (exact) mass is 469 g/mol. The minimum Gasteiger partial charge on any atom is -0.450 e. The molecule has 1 aromatic carbocycles. The summed E-state index contributed by atoms with van der Waals surface area (Å²) in [4.78, 5) is 14.0. The summed E-state index contributed by atoms with van der Waals surface area (Å²) in [6.45, 7) is 8.14. The zero-order valence-corrected chi connectivity index (χ0v) is 19.8. The van der Waals surface area contributed by atoms with Gasteiger partial charge in [0.2, 0.25) is 0 Å². The van der Waals surface area contributed by atoms with E-state index < -0.39 is 0 Å². The third kappa shape index (κ3) is 5.15. The van der Waals surface area contributed by atoms with E-state index in [1.807, 2.05) is 18.7 Å². The molecule has 1 aliphatic heterocycles. The predicted octanol–water partition coefficient (Wildman–Crippen LogP) is 7.23. The molecule has 1 unspecified atom stereocenters. The minimum atomic E-state index is -0.179. The third-order valence-electron chi connectivity index (χ3n) is 6.17. The molecule has 160 valence electrons. The molecule has 1 aliphatic carbocycles. The van der Waals surface area contributed by atoms with Crippen LogP contribution in [0.1, 0.15) is 57.1 Å². The number of hydrogen-bond donors (Lipinski definition) is 0. The van der Waals surface area contributed by atoms with Crippen molar-refractivity contribution in [2.75, 3.05) is 19.7 Å². The topological polar surface area (TPSA) is 29.5 Å². The Morgan fingerprint density at radius 2 is 1.97 bits per heavy atom. The first-order valence-electron chi connectivity index (χ1n) is 10.9. The van der Waals surface area contributed by atoms with Crippen molar-refractivity contribution >= 4 is 26.5 Å². The van der Waals surface area contributed by atoms with Crippen LogP contribution in [0.2, 0.25) is 0 Å². The molecule has 3 nitrogen and oxygen atoms in total. The van der Waals surface area contributed by atoms with E-state index in [4.69, 9.17) is 4.74 Å². The summed E-state index contributed by atoms with van der Waals surface area (Å²) in [5.74, 6) is 0.845. The van der Waals surface area contributed by atoms with Gasteiger partial charge in [-0.3, -0.25) is 0 Å². The summed E-state index contributed by atoms with van der Waals surface area (Å²) in [5.41, 5.74) is 5.47. The van der Waals surface area contributed by atoms with Gasteiger partial charge in [-0.05, 0) is 62.7 Å². The van der Waals surface area contributed by atoms with E-state index in [9.17, 15) is 4.79 Å². The number of likely N-dealkylation sites (tertiary alicyclic amines) is 1. The second kappa shape index (κ2) is 10.8. The summed E-state index contributed by atoms with van der Waals surface area (Å²) in [7, 11) is 0. The Morgan fingerprint density at radius 1 is 1.23 bits per heavy atom. The van der Waals surface area contributed by atoms with Gasteiger partial charge in [-0.15, -0.1) is 0 Å². The van der Waals surface area contributed by atoms with E-state index in [1.54, 1.807) is 0 Å². The molecule has 0 radical (unpaired) electrons. The van der Waals surface area contributed by atoms with Crippen LogP contribution in [0.5, 0.6) is 0 Å². The van der Waals surface area contributed by atoms with Gasteiger partial charge in [0.1, 0.15) is 0 Å². The first kappa shape index (κ1) is 22.6. The normalized spacial score (nSPS) is 25.0. The molecule has 0 bridgehead atoms. The number of fused-ring (bicyclic) bond motifs is 1. The number of hydrogen-bond acceptors (Lipinski definition) is 2. The summed E-state index contributed by atoms with van der Waals surface area (Å²) in [5, 5.41) is 0. The van der Waals surface area contributed by atoms with Crippen molar-refractivity contribution in [3.8, 4) is 0 Å². The number of benzene rings is 1. The smallest absolute Gasteiger partial charge is 0.409 e. The van der Waals surface area contributed by atoms with Gasteiger partial charge < -0.3 is 9.64 Å². The third-order valence-corrected chi connectivity index (χ3v) is 6.92. The molecule has 1 fully saturated rings. The van der Waals surface area contributed by atoms with Crippen LogP contribution in [-0.2, 0) is 4.74 Å². The fraction of sp³-hybridized carbons (Fsp3) is 0.423. The minimum absolute atomic E-state index is 0.179. The zero-order chi connectivity index (χ0) is 21.5. The van der Waals surface area contributed by atoms with E-state index in [2.05, 4.69) is 77.5 Å². The number of nitrogens with zero attached hydrogens (tertiary/aromatic N) is 1. The maximum atomic E-state index is 12.2. The lowest BCUT2D eigenvalue weighted by Crippen LogP contribution is -2.40. The molecule has 30 heavy (non-hydrogen) atoms. The van der Waals surface area contributed by atoms with Gasteiger partial charge in [0.25, 0.3) is 0 Å². The van der Waals surface area contributed by atoms with Gasteiger partial charge in [0, 0.05) is 23.5 Å². The molecule has 0 saturated carbocycles. The molecular formula is C26H32BrNO2. The average molecular weight is 470 g/mol. The van der Waals surface area contributed by atoms with Crippen molar-refractivity contribution in [1.82, 2.24) is 4.90 Å². The first-order valence-corrected chi connectivity index (χ1v) is 11.7. The molecule has 1 saturated heterocycles.